The Hall–Kier alpha value is -1.97. The Labute approximate surface area is 116 Å². The highest BCUT2D eigenvalue weighted by Crippen LogP contribution is 2.33. The normalized spacial score (nSPS) is 11.4. The molecule has 0 aliphatic heterocycles. The second-order valence-electron chi connectivity index (χ2n) is 4.45. The zero-order chi connectivity index (χ0) is 14.6. The second kappa shape index (κ2) is 5.99. The summed E-state index contributed by atoms with van der Waals surface area (Å²) in [5.41, 5.74) is 0.909. The molecule has 20 heavy (non-hydrogen) atoms. The first-order valence-corrected chi connectivity index (χ1v) is 6.37. The minimum atomic E-state index is -4.32. The highest BCUT2D eigenvalue weighted by Gasteiger charge is 2.30. The molecular formula is C16H15F3O. The molecule has 0 saturated heterocycles. The van der Waals surface area contributed by atoms with Crippen LogP contribution in [0.3, 0.4) is 0 Å². The van der Waals surface area contributed by atoms with Crippen LogP contribution in [0.4, 0.5) is 13.2 Å². The molecule has 0 amide bonds. The van der Waals surface area contributed by atoms with Gasteiger partial charge in [0.2, 0.25) is 0 Å². The van der Waals surface area contributed by atoms with Crippen molar-refractivity contribution in [2.45, 2.75) is 26.1 Å². The van der Waals surface area contributed by atoms with Gasteiger partial charge in [-0.3, -0.25) is 0 Å². The number of rotatable bonds is 4. The average molecular weight is 280 g/mol. The lowest BCUT2D eigenvalue weighted by atomic mass is 10.1. The molecule has 0 N–H and O–H groups in total. The Morgan fingerprint density at radius 1 is 1.00 bits per heavy atom. The summed E-state index contributed by atoms with van der Waals surface area (Å²) >= 11 is 0. The van der Waals surface area contributed by atoms with Gasteiger partial charge in [0.05, 0.1) is 5.56 Å². The molecule has 106 valence electrons. The van der Waals surface area contributed by atoms with Crippen molar-refractivity contribution >= 4 is 0 Å². The third-order valence-corrected chi connectivity index (χ3v) is 3.01. The van der Waals surface area contributed by atoms with Gasteiger partial charge < -0.3 is 4.74 Å². The van der Waals surface area contributed by atoms with Crippen LogP contribution in [0.25, 0.3) is 0 Å². The molecule has 0 atom stereocenters. The first kappa shape index (κ1) is 14.4. The predicted octanol–water partition coefficient (Wildman–Crippen LogP) is 4.85. The summed E-state index contributed by atoms with van der Waals surface area (Å²) in [7, 11) is 0. The fraction of sp³-hybridized carbons (Fsp3) is 0.250. The summed E-state index contributed by atoms with van der Waals surface area (Å²) in [6.07, 6.45) is -3.82. The van der Waals surface area contributed by atoms with Gasteiger partial charge in [0.1, 0.15) is 12.4 Å². The van der Waals surface area contributed by atoms with Crippen molar-refractivity contribution in [3.05, 3.63) is 65.2 Å². The summed E-state index contributed by atoms with van der Waals surface area (Å²) in [6.45, 7) is 2.16. The van der Waals surface area contributed by atoms with Gasteiger partial charge in [-0.1, -0.05) is 37.3 Å². The van der Waals surface area contributed by atoms with Crippen LogP contribution in [0.15, 0.2) is 48.5 Å². The van der Waals surface area contributed by atoms with Crippen LogP contribution < -0.4 is 4.74 Å². The first-order chi connectivity index (χ1) is 9.50. The lowest BCUT2D eigenvalue weighted by Crippen LogP contribution is -2.06. The van der Waals surface area contributed by atoms with Gasteiger partial charge in [-0.15, -0.1) is 0 Å². The number of hydrogen-bond acceptors (Lipinski definition) is 1. The first-order valence-electron chi connectivity index (χ1n) is 6.37. The summed E-state index contributed by atoms with van der Waals surface area (Å²) in [6, 6.07) is 13.1. The minimum Gasteiger partial charge on any atom is -0.489 e. The molecule has 0 aliphatic rings. The fourth-order valence-electron chi connectivity index (χ4n) is 1.91. The van der Waals surface area contributed by atoms with E-state index in [1.807, 2.05) is 37.3 Å². The van der Waals surface area contributed by atoms with Crippen LogP contribution in [0.2, 0.25) is 0 Å². The van der Waals surface area contributed by atoms with E-state index in [9.17, 15) is 13.2 Å². The number of hydrogen-bond donors (Lipinski definition) is 0. The third kappa shape index (κ3) is 3.53. The maximum atomic E-state index is 12.6. The molecule has 0 aromatic heterocycles. The molecule has 2 rings (SSSR count). The SMILES string of the molecule is CCc1cc(C(F)(F)F)ccc1OCc1ccccc1. The number of aryl methyl sites for hydroxylation is 1. The van der Waals surface area contributed by atoms with Crippen LogP contribution in [0.1, 0.15) is 23.6 Å². The predicted molar refractivity (Wildman–Crippen MR) is 71.6 cm³/mol. The molecule has 0 saturated carbocycles. The van der Waals surface area contributed by atoms with Gasteiger partial charge in [0.15, 0.2) is 0 Å². The highest BCUT2D eigenvalue weighted by molar-refractivity contribution is 5.38. The minimum absolute atomic E-state index is 0.346. The molecule has 0 fully saturated rings. The monoisotopic (exact) mass is 280 g/mol. The van der Waals surface area contributed by atoms with E-state index in [-0.39, 0.29) is 0 Å². The van der Waals surface area contributed by atoms with E-state index in [4.69, 9.17) is 4.74 Å². The topological polar surface area (TPSA) is 9.23 Å². The van der Waals surface area contributed by atoms with Crippen LogP contribution in [-0.4, -0.2) is 0 Å². The number of ether oxygens (including phenoxy) is 1. The standard InChI is InChI=1S/C16H15F3O/c1-2-13-10-14(16(17,18)19)8-9-15(13)20-11-12-6-4-3-5-7-12/h3-10H,2,11H2,1H3. The molecule has 4 heteroatoms. The third-order valence-electron chi connectivity index (χ3n) is 3.01. The van der Waals surface area contributed by atoms with E-state index in [0.717, 1.165) is 17.7 Å². The molecule has 0 bridgehead atoms. The van der Waals surface area contributed by atoms with Crippen molar-refractivity contribution in [3.63, 3.8) is 0 Å². The zero-order valence-corrected chi connectivity index (χ0v) is 11.1. The van der Waals surface area contributed by atoms with Crippen molar-refractivity contribution in [1.82, 2.24) is 0 Å². The number of halogens is 3. The summed E-state index contributed by atoms with van der Waals surface area (Å²) in [5.74, 6) is 0.504. The molecule has 1 nitrogen and oxygen atoms in total. The molecule has 2 aromatic carbocycles. The average Bonchev–Trinajstić information content (AvgIpc) is 2.45. The Morgan fingerprint density at radius 2 is 1.70 bits per heavy atom. The van der Waals surface area contributed by atoms with E-state index in [1.165, 1.54) is 6.07 Å². The van der Waals surface area contributed by atoms with Gasteiger partial charge in [-0.05, 0) is 35.7 Å². The fourth-order valence-corrected chi connectivity index (χ4v) is 1.91. The van der Waals surface area contributed by atoms with Gasteiger partial charge in [-0.2, -0.15) is 13.2 Å². The van der Waals surface area contributed by atoms with Crippen LogP contribution in [-0.2, 0) is 19.2 Å². The lowest BCUT2D eigenvalue weighted by Gasteiger charge is -2.13. The van der Waals surface area contributed by atoms with Gasteiger partial charge in [0, 0.05) is 0 Å². The second-order valence-corrected chi connectivity index (χ2v) is 4.45. The smallest absolute Gasteiger partial charge is 0.416 e. The number of benzene rings is 2. The van der Waals surface area contributed by atoms with Crippen LogP contribution in [0, 0.1) is 0 Å². The van der Waals surface area contributed by atoms with Gasteiger partial charge >= 0.3 is 6.18 Å². The van der Waals surface area contributed by atoms with Gasteiger partial charge in [-0.25, -0.2) is 0 Å². The van der Waals surface area contributed by atoms with Crippen molar-refractivity contribution in [2.24, 2.45) is 0 Å². The Morgan fingerprint density at radius 3 is 2.30 bits per heavy atom. The van der Waals surface area contributed by atoms with Crippen LogP contribution >= 0.6 is 0 Å². The van der Waals surface area contributed by atoms with E-state index in [0.29, 0.717) is 24.3 Å². The molecule has 0 aliphatic carbocycles. The van der Waals surface area contributed by atoms with E-state index < -0.39 is 11.7 Å². The molecular weight excluding hydrogens is 265 g/mol. The van der Waals surface area contributed by atoms with Crippen molar-refractivity contribution in [2.75, 3.05) is 0 Å². The Bertz CT molecular complexity index is 562. The van der Waals surface area contributed by atoms with Gasteiger partial charge in [0.25, 0.3) is 0 Å². The molecule has 0 spiro atoms. The molecule has 0 heterocycles. The molecule has 0 radical (unpaired) electrons. The Balaban J connectivity index is 2.16. The number of alkyl halides is 3. The lowest BCUT2D eigenvalue weighted by molar-refractivity contribution is -0.137. The summed E-state index contributed by atoms with van der Waals surface area (Å²) in [5, 5.41) is 0. The van der Waals surface area contributed by atoms with E-state index in [2.05, 4.69) is 0 Å². The van der Waals surface area contributed by atoms with Crippen molar-refractivity contribution < 1.29 is 17.9 Å². The van der Waals surface area contributed by atoms with Crippen molar-refractivity contribution in [3.8, 4) is 5.75 Å². The molecule has 2 aromatic rings. The highest BCUT2D eigenvalue weighted by atomic mass is 19.4. The zero-order valence-electron chi connectivity index (χ0n) is 11.1. The summed E-state index contributed by atoms with van der Waals surface area (Å²) in [4.78, 5) is 0. The van der Waals surface area contributed by atoms with E-state index in [1.54, 1.807) is 0 Å². The van der Waals surface area contributed by atoms with E-state index >= 15 is 0 Å². The summed E-state index contributed by atoms with van der Waals surface area (Å²) < 4.78 is 43.6. The van der Waals surface area contributed by atoms with Crippen molar-refractivity contribution in [1.29, 1.82) is 0 Å². The quantitative estimate of drug-likeness (QED) is 0.778. The molecule has 0 unspecified atom stereocenters. The maximum absolute atomic E-state index is 12.6. The largest absolute Gasteiger partial charge is 0.489 e. The van der Waals surface area contributed by atoms with Crippen LogP contribution in [0.5, 0.6) is 5.75 Å². The Kier molecular flexibility index (Phi) is 4.32. The maximum Gasteiger partial charge on any atom is 0.416 e.